The van der Waals surface area contributed by atoms with Crippen LogP contribution in [0.1, 0.15) is 10.6 Å². The Morgan fingerprint density at radius 3 is 2.43 bits per heavy atom. The molecule has 0 saturated carbocycles. The van der Waals surface area contributed by atoms with Gasteiger partial charge in [-0.15, -0.1) is 11.3 Å². The molecule has 146 valence electrons. The molecule has 5 heteroatoms. The topological polar surface area (TPSA) is 48.7 Å². The highest BCUT2D eigenvalue weighted by molar-refractivity contribution is 7.11. The van der Waals surface area contributed by atoms with Crippen molar-refractivity contribution < 1.29 is 4.39 Å². The van der Waals surface area contributed by atoms with E-state index in [1.807, 2.05) is 42.6 Å². The maximum absolute atomic E-state index is 13.5. The summed E-state index contributed by atoms with van der Waals surface area (Å²) < 4.78 is 13.5. The number of thiazole rings is 1. The second-order valence-electron chi connectivity index (χ2n) is 6.75. The molecule has 0 spiro atoms. The minimum Gasteiger partial charge on any atom is -0.360 e. The van der Waals surface area contributed by atoms with E-state index in [2.05, 4.69) is 40.6 Å². The third-order valence-corrected chi connectivity index (χ3v) is 5.59. The molecule has 1 N–H and O–H groups in total. The number of nitrogens with one attached hydrogen (secondary N) is 1. The van der Waals surface area contributed by atoms with Gasteiger partial charge >= 0.3 is 0 Å². The summed E-state index contributed by atoms with van der Waals surface area (Å²) in [5.41, 5.74) is 6.02. The molecule has 0 fully saturated rings. The fraction of sp³-hybridized carbons (Fsp3) is 0.0400. The first kappa shape index (κ1) is 19.6. The average Bonchev–Trinajstić information content (AvgIpc) is 3.27. The highest BCUT2D eigenvalue weighted by Gasteiger charge is 2.10. The largest absolute Gasteiger partial charge is 0.360 e. The van der Waals surface area contributed by atoms with Gasteiger partial charge in [0.05, 0.1) is 5.69 Å². The van der Waals surface area contributed by atoms with Gasteiger partial charge in [0.2, 0.25) is 0 Å². The molecular formula is C25H18FN3S. The first-order valence-corrected chi connectivity index (χ1v) is 10.3. The van der Waals surface area contributed by atoms with Crippen LogP contribution >= 0.6 is 11.3 Å². The van der Waals surface area contributed by atoms with Crippen LogP contribution in [0, 0.1) is 24.1 Å². The lowest BCUT2D eigenvalue weighted by Gasteiger charge is -2.05. The molecule has 0 aliphatic rings. The van der Waals surface area contributed by atoms with Gasteiger partial charge in [0.15, 0.2) is 0 Å². The summed E-state index contributed by atoms with van der Waals surface area (Å²) in [7, 11) is 0. The van der Waals surface area contributed by atoms with Crippen molar-refractivity contribution in [2.24, 2.45) is 0 Å². The molecule has 0 aliphatic carbocycles. The molecule has 0 aliphatic heterocycles. The predicted molar refractivity (Wildman–Crippen MR) is 121 cm³/mol. The van der Waals surface area contributed by atoms with Gasteiger partial charge in [-0.25, -0.2) is 9.37 Å². The van der Waals surface area contributed by atoms with E-state index in [4.69, 9.17) is 0 Å². The molecule has 4 rings (SSSR count). The smallest absolute Gasteiger partial charge is 0.136 e. The maximum Gasteiger partial charge on any atom is 0.136 e. The molecule has 0 unspecified atom stereocenters. The number of aryl methyl sites for hydroxylation is 1. The summed E-state index contributed by atoms with van der Waals surface area (Å²) in [6, 6.07) is 25.1. The van der Waals surface area contributed by atoms with Crippen LogP contribution in [0.5, 0.6) is 0 Å². The summed E-state index contributed by atoms with van der Waals surface area (Å²) >= 11 is 1.40. The van der Waals surface area contributed by atoms with E-state index in [0.717, 1.165) is 27.9 Å². The van der Waals surface area contributed by atoms with E-state index >= 15 is 0 Å². The van der Waals surface area contributed by atoms with Crippen LogP contribution in [0.4, 0.5) is 10.1 Å². The number of anilines is 1. The fourth-order valence-corrected chi connectivity index (χ4v) is 3.83. The highest BCUT2D eigenvalue weighted by atomic mass is 32.1. The normalized spacial score (nSPS) is 11.2. The number of nitriles is 1. The van der Waals surface area contributed by atoms with Crippen molar-refractivity contribution in [2.75, 3.05) is 5.32 Å². The third-order valence-electron chi connectivity index (χ3n) is 4.71. The lowest BCUT2D eigenvalue weighted by molar-refractivity contribution is 0.628. The molecule has 0 bridgehead atoms. The number of hydrogen-bond acceptors (Lipinski definition) is 4. The van der Waals surface area contributed by atoms with E-state index < -0.39 is 0 Å². The number of hydrogen-bond donors (Lipinski definition) is 1. The molecule has 4 aromatic rings. The van der Waals surface area contributed by atoms with Gasteiger partial charge in [-0.05, 0) is 35.7 Å². The van der Waals surface area contributed by atoms with Gasteiger partial charge in [0.1, 0.15) is 22.5 Å². The standard InChI is InChI=1S/C25H18FN3S/c1-17-7-12-22(26)13-23(17)28-15-21(14-27)25-29-24(16-30-25)20-10-8-19(9-11-20)18-5-3-2-4-6-18/h2-13,15-16,28H,1H3. The Kier molecular flexibility index (Phi) is 5.69. The molecule has 1 aromatic heterocycles. The van der Waals surface area contributed by atoms with E-state index in [1.165, 1.54) is 23.5 Å². The van der Waals surface area contributed by atoms with Crippen molar-refractivity contribution in [3.05, 3.63) is 101 Å². The zero-order valence-electron chi connectivity index (χ0n) is 16.3. The molecule has 0 saturated heterocycles. The van der Waals surface area contributed by atoms with Crippen LogP contribution in [-0.2, 0) is 0 Å². The number of benzene rings is 3. The number of halogens is 1. The number of aromatic nitrogens is 1. The van der Waals surface area contributed by atoms with Gasteiger partial charge in [0, 0.05) is 22.8 Å². The van der Waals surface area contributed by atoms with Gasteiger partial charge in [-0.3, -0.25) is 0 Å². The van der Waals surface area contributed by atoms with Gasteiger partial charge < -0.3 is 5.32 Å². The SMILES string of the molecule is Cc1ccc(F)cc1NC=C(C#N)c1nc(-c2ccc(-c3ccccc3)cc2)cs1. The Labute approximate surface area is 178 Å². The van der Waals surface area contributed by atoms with E-state index in [1.54, 1.807) is 12.3 Å². The van der Waals surface area contributed by atoms with E-state index in [9.17, 15) is 9.65 Å². The lowest BCUT2D eigenvalue weighted by atomic mass is 10.0. The number of allylic oxidation sites excluding steroid dienone is 1. The number of nitrogens with zero attached hydrogens (tertiary/aromatic N) is 2. The van der Waals surface area contributed by atoms with Crippen LogP contribution in [0.3, 0.4) is 0 Å². The molecule has 3 nitrogen and oxygen atoms in total. The Bertz CT molecular complexity index is 1240. The third kappa shape index (κ3) is 4.29. The molecule has 0 radical (unpaired) electrons. The summed E-state index contributed by atoms with van der Waals surface area (Å²) in [5.74, 6) is -0.328. The first-order chi connectivity index (χ1) is 14.6. The predicted octanol–water partition coefficient (Wildman–Crippen LogP) is 6.90. The van der Waals surface area contributed by atoms with Crippen molar-refractivity contribution in [3.8, 4) is 28.5 Å². The Morgan fingerprint density at radius 1 is 1.00 bits per heavy atom. The van der Waals surface area contributed by atoms with Crippen LogP contribution in [0.25, 0.3) is 28.0 Å². The van der Waals surface area contributed by atoms with Gasteiger partial charge in [-0.2, -0.15) is 5.26 Å². The quantitative estimate of drug-likeness (QED) is 0.363. The monoisotopic (exact) mass is 411 g/mol. The van der Waals surface area contributed by atoms with Crippen molar-refractivity contribution in [1.82, 2.24) is 4.98 Å². The Hall–Kier alpha value is -3.75. The van der Waals surface area contributed by atoms with Crippen molar-refractivity contribution in [1.29, 1.82) is 5.26 Å². The zero-order chi connectivity index (χ0) is 20.9. The average molecular weight is 412 g/mol. The molecule has 30 heavy (non-hydrogen) atoms. The van der Waals surface area contributed by atoms with Crippen LogP contribution in [-0.4, -0.2) is 4.98 Å². The minimum atomic E-state index is -0.328. The fourth-order valence-electron chi connectivity index (χ4n) is 3.04. The van der Waals surface area contributed by atoms with Crippen LogP contribution < -0.4 is 5.32 Å². The van der Waals surface area contributed by atoms with Crippen LogP contribution in [0.2, 0.25) is 0 Å². The minimum absolute atomic E-state index is 0.328. The van der Waals surface area contributed by atoms with Crippen molar-refractivity contribution in [3.63, 3.8) is 0 Å². The van der Waals surface area contributed by atoms with Gasteiger partial charge in [-0.1, -0.05) is 60.7 Å². The van der Waals surface area contributed by atoms with Crippen molar-refractivity contribution in [2.45, 2.75) is 6.92 Å². The van der Waals surface area contributed by atoms with E-state index in [0.29, 0.717) is 16.3 Å². The second kappa shape index (κ2) is 8.73. The molecule has 0 atom stereocenters. The molecule has 3 aromatic carbocycles. The van der Waals surface area contributed by atoms with Crippen molar-refractivity contribution >= 4 is 22.6 Å². The lowest BCUT2D eigenvalue weighted by Crippen LogP contribution is -1.94. The summed E-state index contributed by atoms with van der Waals surface area (Å²) in [5, 5.41) is 15.1. The summed E-state index contributed by atoms with van der Waals surface area (Å²) in [4.78, 5) is 4.62. The number of rotatable bonds is 5. The Morgan fingerprint density at radius 2 is 1.70 bits per heavy atom. The Balaban J connectivity index is 1.55. The maximum atomic E-state index is 13.5. The molecular weight excluding hydrogens is 393 g/mol. The zero-order valence-corrected chi connectivity index (χ0v) is 17.1. The van der Waals surface area contributed by atoms with E-state index in [-0.39, 0.29) is 5.82 Å². The second-order valence-corrected chi connectivity index (χ2v) is 7.61. The summed E-state index contributed by atoms with van der Waals surface area (Å²) in [6.07, 6.45) is 1.57. The highest BCUT2D eigenvalue weighted by Crippen LogP contribution is 2.28. The summed E-state index contributed by atoms with van der Waals surface area (Å²) in [6.45, 7) is 1.88. The van der Waals surface area contributed by atoms with Gasteiger partial charge in [0.25, 0.3) is 0 Å². The molecule has 0 amide bonds. The molecule has 1 heterocycles. The van der Waals surface area contributed by atoms with Crippen LogP contribution in [0.15, 0.2) is 84.4 Å². The first-order valence-electron chi connectivity index (χ1n) is 9.39.